The van der Waals surface area contributed by atoms with Gasteiger partial charge in [0, 0.05) is 18.7 Å². The summed E-state index contributed by atoms with van der Waals surface area (Å²) in [5.74, 6) is -2.92. The summed E-state index contributed by atoms with van der Waals surface area (Å²) in [6, 6.07) is 3.56. The lowest BCUT2D eigenvalue weighted by atomic mass is 10.1. The molecule has 1 aromatic carbocycles. The molecule has 0 aliphatic rings. The van der Waals surface area contributed by atoms with Crippen LogP contribution in [-0.4, -0.2) is 33.2 Å². The highest BCUT2D eigenvalue weighted by Gasteiger charge is 2.13. The van der Waals surface area contributed by atoms with Gasteiger partial charge in [-0.25, -0.2) is 21.9 Å². The number of nitrogens with one attached hydrogen (secondary N) is 2. The fourth-order valence-electron chi connectivity index (χ4n) is 1.54. The molecule has 0 aliphatic heterocycles. The van der Waals surface area contributed by atoms with E-state index in [-0.39, 0.29) is 30.8 Å². The minimum absolute atomic E-state index is 0.0722. The van der Waals surface area contributed by atoms with Crippen LogP contribution >= 0.6 is 0 Å². The Bertz CT molecular complexity index is 576. The first-order valence-electron chi connectivity index (χ1n) is 6.02. The van der Waals surface area contributed by atoms with Crippen LogP contribution in [0.25, 0.3) is 0 Å². The molecular formula is C12H16F2N2O3S. The van der Waals surface area contributed by atoms with Gasteiger partial charge in [0.05, 0.1) is 12.2 Å². The van der Waals surface area contributed by atoms with Crippen molar-refractivity contribution in [2.24, 2.45) is 0 Å². The Morgan fingerprint density at radius 1 is 1.30 bits per heavy atom. The number of carbonyl (C=O) groups is 1. The molecule has 0 radical (unpaired) electrons. The summed E-state index contributed by atoms with van der Waals surface area (Å²) in [7, 11) is -3.41. The number of amides is 1. The smallest absolute Gasteiger partial charge is 0.224 e. The van der Waals surface area contributed by atoms with Crippen LogP contribution < -0.4 is 10.0 Å². The SMILES string of the molecule is CCNS(=O)(=O)CCNC(=O)Cc1cccc(F)c1F. The van der Waals surface area contributed by atoms with Gasteiger partial charge in [-0.15, -0.1) is 0 Å². The third-order valence-corrected chi connectivity index (χ3v) is 3.91. The number of benzene rings is 1. The van der Waals surface area contributed by atoms with E-state index in [0.717, 1.165) is 6.07 Å². The van der Waals surface area contributed by atoms with Gasteiger partial charge in [0.25, 0.3) is 0 Å². The van der Waals surface area contributed by atoms with Crippen LogP contribution in [0.1, 0.15) is 12.5 Å². The minimum Gasteiger partial charge on any atom is -0.355 e. The Kier molecular flexibility index (Phi) is 6.03. The second kappa shape index (κ2) is 7.30. The van der Waals surface area contributed by atoms with E-state index in [1.165, 1.54) is 12.1 Å². The second-order valence-electron chi connectivity index (χ2n) is 4.06. The van der Waals surface area contributed by atoms with Crippen LogP contribution in [0.3, 0.4) is 0 Å². The first kappa shape index (κ1) is 16.5. The van der Waals surface area contributed by atoms with Crippen LogP contribution in [0, 0.1) is 11.6 Å². The number of halogens is 2. The quantitative estimate of drug-likeness (QED) is 0.773. The molecule has 0 bridgehead atoms. The summed E-state index contributed by atoms with van der Waals surface area (Å²) in [5, 5.41) is 2.35. The molecule has 0 heterocycles. The second-order valence-corrected chi connectivity index (χ2v) is 5.98. The molecule has 5 nitrogen and oxygen atoms in total. The molecule has 2 N–H and O–H groups in total. The maximum absolute atomic E-state index is 13.3. The number of hydrogen-bond acceptors (Lipinski definition) is 3. The monoisotopic (exact) mass is 306 g/mol. The summed E-state index contributed by atoms with van der Waals surface area (Å²) in [4.78, 5) is 11.5. The lowest BCUT2D eigenvalue weighted by Crippen LogP contribution is -2.35. The first-order valence-corrected chi connectivity index (χ1v) is 7.68. The maximum Gasteiger partial charge on any atom is 0.224 e. The van der Waals surface area contributed by atoms with Crippen molar-refractivity contribution in [3.8, 4) is 0 Å². The van der Waals surface area contributed by atoms with Crippen LogP contribution in [-0.2, 0) is 21.2 Å². The third-order valence-electron chi connectivity index (χ3n) is 2.44. The van der Waals surface area contributed by atoms with Crippen molar-refractivity contribution in [3.63, 3.8) is 0 Å². The molecule has 0 spiro atoms. The molecule has 112 valence electrons. The van der Waals surface area contributed by atoms with Gasteiger partial charge >= 0.3 is 0 Å². The van der Waals surface area contributed by atoms with Crippen molar-refractivity contribution in [3.05, 3.63) is 35.4 Å². The highest BCUT2D eigenvalue weighted by atomic mass is 32.2. The normalized spacial score (nSPS) is 11.3. The molecule has 1 amide bonds. The summed E-state index contributed by atoms with van der Waals surface area (Å²) in [6.07, 6.45) is -0.342. The fourth-order valence-corrected chi connectivity index (χ4v) is 2.49. The Morgan fingerprint density at radius 2 is 2.00 bits per heavy atom. The van der Waals surface area contributed by atoms with E-state index in [0.29, 0.717) is 0 Å². The molecule has 0 saturated heterocycles. The first-order chi connectivity index (χ1) is 9.35. The van der Waals surface area contributed by atoms with Crippen molar-refractivity contribution < 1.29 is 22.0 Å². The summed E-state index contributed by atoms with van der Waals surface area (Å²) in [5.41, 5.74) is -0.0722. The van der Waals surface area contributed by atoms with Crippen molar-refractivity contribution >= 4 is 15.9 Å². The molecule has 0 aliphatic carbocycles. The molecular weight excluding hydrogens is 290 g/mol. The van der Waals surface area contributed by atoms with Gasteiger partial charge in [-0.2, -0.15) is 0 Å². The van der Waals surface area contributed by atoms with Gasteiger partial charge in [0.1, 0.15) is 0 Å². The number of hydrogen-bond donors (Lipinski definition) is 2. The Morgan fingerprint density at radius 3 is 2.65 bits per heavy atom. The van der Waals surface area contributed by atoms with Crippen molar-refractivity contribution in [1.82, 2.24) is 10.0 Å². The standard InChI is InChI=1S/C12H16F2N2O3S/c1-2-16-20(18,19)7-6-15-11(17)8-9-4-3-5-10(13)12(9)14/h3-5,16H,2,6-8H2,1H3,(H,15,17). The number of sulfonamides is 1. The highest BCUT2D eigenvalue weighted by molar-refractivity contribution is 7.89. The zero-order chi connectivity index (χ0) is 15.2. The van der Waals surface area contributed by atoms with E-state index in [9.17, 15) is 22.0 Å². The molecule has 1 aromatic rings. The van der Waals surface area contributed by atoms with E-state index >= 15 is 0 Å². The molecule has 0 unspecified atom stereocenters. The molecule has 0 saturated carbocycles. The fraction of sp³-hybridized carbons (Fsp3) is 0.417. The Hall–Kier alpha value is -1.54. The van der Waals surface area contributed by atoms with E-state index in [4.69, 9.17) is 0 Å². The third kappa shape index (κ3) is 5.22. The molecule has 0 aromatic heterocycles. The average molecular weight is 306 g/mol. The van der Waals surface area contributed by atoms with Crippen LogP contribution in [0.15, 0.2) is 18.2 Å². The molecule has 20 heavy (non-hydrogen) atoms. The average Bonchev–Trinajstić information content (AvgIpc) is 2.34. The van der Waals surface area contributed by atoms with Crippen LogP contribution in [0.2, 0.25) is 0 Å². The predicted octanol–water partition coefficient (Wildman–Crippen LogP) is 0.563. The maximum atomic E-state index is 13.3. The number of rotatable bonds is 7. The molecule has 1 rings (SSSR count). The van der Waals surface area contributed by atoms with Crippen molar-refractivity contribution in [1.29, 1.82) is 0 Å². The van der Waals surface area contributed by atoms with Crippen LogP contribution in [0.5, 0.6) is 0 Å². The van der Waals surface area contributed by atoms with Gasteiger partial charge in [-0.1, -0.05) is 19.1 Å². The molecule has 0 fully saturated rings. The summed E-state index contributed by atoms with van der Waals surface area (Å²) >= 11 is 0. The van der Waals surface area contributed by atoms with E-state index in [1.807, 2.05) is 0 Å². The number of carbonyl (C=O) groups excluding carboxylic acids is 1. The van der Waals surface area contributed by atoms with Gasteiger partial charge < -0.3 is 5.32 Å². The zero-order valence-electron chi connectivity index (χ0n) is 10.9. The Labute approximate surface area is 116 Å². The van der Waals surface area contributed by atoms with Gasteiger partial charge in [-0.05, 0) is 6.07 Å². The summed E-state index contributed by atoms with van der Waals surface area (Å²) < 4.78 is 51.1. The lowest BCUT2D eigenvalue weighted by Gasteiger charge is -2.07. The van der Waals surface area contributed by atoms with E-state index in [2.05, 4.69) is 10.0 Å². The van der Waals surface area contributed by atoms with Gasteiger partial charge in [0.2, 0.25) is 15.9 Å². The minimum atomic E-state index is -3.41. The molecule has 0 atom stereocenters. The molecule has 8 heteroatoms. The van der Waals surface area contributed by atoms with Crippen LogP contribution in [0.4, 0.5) is 8.78 Å². The predicted molar refractivity (Wildman–Crippen MR) is 70.5 cm³/mol. The van der Waals surface area contributed by atoms with E-state index < -0.39 is 27.6 Å². The topological polar surface area (TPSA) is 75.3 Å². The summed E-state index contributed by atoms with van der Waals surface area (Å²) in [6.45, 7) is 1.82. The van der Waals surface area contributed by atoms with Crippen molar-refractivity contribution in [2.45, 2.75) is 13.3 Å². The van der Waals surface area contributed by atoms with E-state index in [1.54, 1.807) is 6.92 Å². The zero-order valence-corrected chi connectivity index (χ0v) is 11.8. The van der Waals surface area contributed by atoms with Gasteiger partial charge in [-0.3, -0.25) is 4.79 Å². The lowest BCUT2D eigenvalue weighted by molar-refractivity contribution is -0.120. The Balaban J connectivity index is 2.47. The largest absolute Gasteiger partial charge is 0.355 e. The highest BCUT2D eigenvalue weighted by Crippen LogP contribution is 2.11. The van der Waals surface area contributed by atoms with Gasteiger partial charge in [0.15, 0.2) is 11.6 Å². The van der Waals surface area contributed by atoms with Crippen molar-refractivity contribution in [2.75, 3.05) is 18.8 Å².